The number of carbonyl (C=O) groups excluding carboxylic acids is 1. The summed E-state index contributed by atoms with van der Waals surface area (Å²) in [6, 6.07) is 0.428. The summed E-state index contributed by atoms with van der Waals surface area (Å²) < 4.78 is 4.79. The Kier molecular flexibility index (Phi) is 7.63. The fourth-order valence-corrected chi connectivity index (χ4v) is 3.94. The number of hydrogen-bond donors (Lipinski definition) is 2. The number of esters is 1. The minimum absolute atomic E-state index is 0.171. The molecule has 0 radical (unpaired) electrons. The minimum atomic E-state index is -0.171. The first-order chi connectivity index (χ1) is 10.7. The predicted molar refractivity (Wildman–Crippen MR) is 86.6 cm³/mol. The van der Waals surface area contributed by atoms with Crippen LogP contribution in [0.1, 0.15) is 44.9 Å². The number of aliphatic hydroxyl groups is 1. The van der Waals surface area contributed by atoms with Crippen LogP contribution in [0.3, 0.4) is 0 Å². The van der Waals surface area contributed by atoms with Crippen LogP contribution in [0, 0.1) is 11.8 Å². The summed E-state index contributed by atoms with van der Waals surface area (Å²) >= 11 is 0. The van der Waals surface area contributed by atoms with Crippen molar-refractivity contribution in [2.24, 2.45) is 11.8 Å². The van der Waals surface area contributed by atoms with E-state index in [9.17, 15) is 9.90 Å². The van der Waals surface area contributed by atoms with Crippen LogP contribution in [0.15, 0.2) is 0 Å². The second kappa shape index (κ2) is 9.48. The molecule has 128 valence electrons. The highest BCUT2D eigenvalue weighted by Crippen LogP contribution is 2.24. The predicted octanol–water partition coefficient (Wildman–Crippen LogP) is 1.40. The summed E-state index contributed by atoms with van der Waals surface area (Å²) in [7, 11) is 1.44. The van der Waals surface area contributed by atoms with Gasteiger partial charge in [-0.15, -0.1) is 0 Å². The maximum absolute atomic E-state index is 11.5. The van der Waals surface area contributed by atoms with Crippen molar-refractivity contribution >= 4 is 5.97 Å². The largest absolute Gasteiger partial charge is 0.468 e. The average Bonchev–Trinajstić information content (AvgIpc) is 2.54. The first-order valence-corrected chi connectivity index (χ1v) is 8.84. The first kappa shape index (κ1) is 17.7. The van der Waals surface area contributed by atoms with Crippen LogP contribution in [-0.4, -0.2) is 61.9 Å². The summed E-state index contributed by atoms with van der Waals surface area (Å²) in [5.41, 5.74) is 0. The number of aliphatic hydroxyl groups excluding tert-OH is 1. The van der Waals surface area contributed by atoms with Gasteiger partial charge >= 0.3 is 5.97 Å². The molecule has 2 unspecified atom stereocenters. The Hall–Kier alpha value is -0.650. The molecule has 2 aliphatic rings. The van der Waals surface area contributed by atoms with Crippen molar-refractivity contribution in [1.82, 2.24) is 10.2 Å². The Labute approximate surface area is 134 Å². The van der Waals surface area contributed by atoms with Gasteiger partial charge in [0.05, 0.1) is 13.7 Å². The highest BCUT2D eigenvalue weighted by atomic mass is 16.5. The quantitative estimate of drug-likeness (QED) is 0.696. The molecule has 0 amide bonds. The summed E-state index contributed by atoms with van der Waals surface area (Å²) in [6.45, 7) is 3.48. The van der Waals surface area contributed by atoms with E-state index < -0.39 is 0 Å². The summed E-state index contributed by atoms with van der Waals surface area (Å²) in [4.78, 5) is 13.7. The molecule has 1 aliphatic heterocycles. The zero-order valence-corrected chi connectivity index (χ0v) is 13.9. The van der Waals surface area contributed by atoms with Gasteiger partial charge in [-0.1, -0.05) is 19.3 Å². The smallest absolute Gasteiger partial charge is 0.319 e. The highest BCUT2D eigenvalue weighted by molar-refractivity contribution is 5.71. The third-order valence-corrected chi connectivity index (χ3v) is 5.15. The molecule has 0 spiro atoms. The summed E-state index contributed by atoms with van der Waals surface area (Å²) in [5, 5.41) is 12.9. The van der Waals surface area contributed by atoms with Gasteiger partial charge < -0.3 is 15.2 Å². The molecule has 2 fully saturated rings. The zero-order valence-electron chi connectivity index (χ0n) is 13.9. The molecule has 1 heterocycles. The topological polar surface area (TPSA) is 61.8 Å². The second-order valence-corrected chi connectivity index (χ2v) is 6.99. The molecule has 1 saturated heterocycles. The third-order valence-electron chi connectivity index (χ3n) is 5.15. The summed E-state index contributed by atoms with van der Waals surface area (Å²) in [6.07, 6.45) is 8.77. The van der Waals surface area contributed by atoms with E-state index in [2.05, 4.69) is 10.2 Å². The number of rotatable bonds is 7. The molecule has 5 nitrogen and oxygen atoms in total. The van der Waals surface area contributed by atoms with Gasteiger partial charge in [-0.2, -0.15) is 0 Å². The number of methoxy groups -OCH3 is 1. The molecule has 1 aliphatic carbocycles. The Bertz CT molecular complexity index is 332. The van der Waals surface area contributed by atoms with Crippen LogP contribution in [0.2, 0.25) is 0 Å². The molecule has 2 rings (SSSR count). The average molecular weight is 312 g/mol. The number of hydrogen-bond acceptors (Lipinski definition) is 5. The number of nitrogens with one attached hydrogen (secondary N) is 1. The molecule has 0 aromatic heterocycles. The lowest BCUT2D eigenvalue weighted by Crippen LogP contribution is -2.51. The maximum Gasteiger partial charge on any atom is 0.319 e. The Morgan fingerprint density at radius 1 is 1.23 bits per heavy atom. The fraction of sp³-hybridized carbons (Fsp3) is 0.941. The van der Waals surface area contributed by atoms with Crippen molar-refractivity contribution in [2.45, 2.75) is 51.0 Å². The Balaban J connectivity index is 1.80. The van der Waals surface area contributed by atoms with Crippen molar-refractivity contribution in [2.75, 3.05) is 39.9 Å². The van der Waals surface area contributed by atoms with Crippen molar-refractivity contribution < 1.29 is 14.6 Å². The molecule has 0 aromatic rings. The van der Waals surface area contributed by atoms with Crippen molar-refractivity contribution in [3.63, 3.8) is 0 Å². The van der Waals surface area contributed by atoms with E-state index in [0.717, 1.165) is 38.4 Å². The number of carbonyl (C=O) groups is 1. The molecule has 1 saturated carbocycles. The third kappa shape index (κ3) is 5.86. The SMILES string of the molecule is COC(=O)CN1CC(CCO)CC(NCC2CCCCC2)C1. The normalized spacial score (nSPS) is 27.7. The molecule has 0 aromatic carbocycles. The van der Waals surface area contributed by atoms with E-state index >= 15 is 0 Å². The zero-order chi connectivity index (χ0) is 15.8. The molecule has 5 heteroatoms. The van der Waals surface area contributed by atoms with Crippen molar-refractivity contribution in [3.05, 3.63) is 0 Å². The van der Waals surface area contributed by atoms with Gasteiger partial charge in [0.1, 0.15) is 0 Å². The minimum Gasteiger partial charge on any atom is -0.468 e. The van der Waals surface area contributed by atoms with Gasteiger partial charge in [0.15, 0.2) is 0 Å². The lowest BCUT2D eigenvalue weighted by molar-refractivity contribution is -0.142. The lowest BCUT2D eigenvalue weighted by atomic mass is 9.88. The van der Waals surface area contributed by atoms with Crippen molar-refractivity contribution in [1.29, 1.82) is 0 Å². The van der Waals surface area contributed by atoms with Crippen LogP contribution >= 0.6 is 0 Å². The monoisotopic (exact) mass is 312 g/mol. The van der Waals surface area contributed by atoms with Crippen LogP contribution in [0.5, 0.6) is 0 Å². The van der Waals surface area contributed by atoms with Gasteiger partial charge in [-0.05, 0) is 44.1 Å². The van der Waals surface area contributed by atoms with Crippen LogP contribution in [0.25, 0.3) is 0 Å². The standard InChI is InChI=1S/C17H32N2O3/c1-22-17(21)13-19-11-15(7-8-20)9-16(12-19)18-10-14-5-3-2-4-6-14/h14-16,18,20H,2-13H2,1H3. The number of likely N-dealkylation sites (tertiary alicyclic amines) is 1. The van der Waals surface area contributed by atoms with Gasteiger partial charge in [0.25, 0.3) is 0 Å². The Morgan fingerprint density at radius 2 is 2.00 bits per heavy atom. The molecule has 22 heavy (non-hydrogen) atoms. The number of nitrogens with zero attached hydrogens (tertiary/aromatic N) is 1. The Morgan fingerprint density at radius 3 is 2.68 bits per heavy atom. The van der Waals surface area contributed by atoms with Crippen LogP contribution < -0.4 is 5.32 Å². The van der Waals surface area contributed by atoms with E-state index in [1.165, 1.54) is 39.2 Å². The maximum atomic E-state index is 11.5. The summed E-state index contributed by atoms with van der Waals surface area (Å²) in [5.74, 6) is 1.11. The molecular formula is C17H32N2O3. The van der Waals surface area contributed by atoms with Crippen LogP contribution in [-0.2, 0) is 9.53 Å². The number of piperidine rings is 1. The highest BCUT2D eigenvalue weighted by Gasteiger charge is 2.28. The van der Waals surface area contributed by atoms with E-state index in [-0.39, 0.29) is 12.6 Å². The van der Waals surface area contributed by atoms with Gasteiger partial charge in [-0.3, -0.25) is 9.69 Å². The van der Waals surface area contributed by atoms with Gasteiger partial charge in [0, 0.05) is 25.7 Å². The first-order valence-electron chi connectivity index (χ1n) is 8.84. The van der Waals surface area contributed by atoms with E-state index in [4.69, 9.17) is 4.74 Å². The van der Waals surface area contributed by atoms with Gasteiger partial charge in [0.2, 0.25) is 0 Å². The van der Waals surface area contributed by atoms with E-state index in [1.807, 2.05) is 0 Å². The fourth-order valence-electron chi connectivity index (χ4n) is 3.94. The molecule has 2 N–H and O–H groups in total. The molecular weight excluding hydrogens is 280 g/mol. The van der Waals surface area contributed by atoms with E-state index in [1.54, 1.807) is 0 Å². The molecule has 2 atom stereocenters. The van der Waals surface area contributed by atoms with Crippen LogP contribution in [0.4, 0.5) is 0 Å². The van der Waals surface area contributed by atoms with E-state index in [0.29, 0.717) is 18.5 Å². The number of ether oxygens (including phenoxy) is 1. The molecule has 0 bridgehead atoms. The van der Waals surface area contributed by atoms with Gasteiger partial charge in [-0.25, -0.2) is 0 Å². The second-order valence-electron chi connectivity index (χ2n) is 6.99. The van der Waals surface area contributed by atoms with Crippen molar-refractivity contribution in [3.8, 4) is 0 Å². The lowest BCUT2D eigenvalue weighted by Gasteiger charge is -2.38.